The molecule has 0 aliphatic rings. The molecule has 0 spiro atoms. The van der Waals surface area contributed by atoms with Crippen LogP contribution in [0.15, 0.2) is 72.9 Å². The zero-order valence-corrected chi connectivity index (χ0v) is 13.4. The second-order valence-electron chi connectivity index (χ2n) is 5.46. The molecular formula is C19H14F3N3O. The van der Waals surface area contributed by atoms with E-state index in [4.69, 9.17) is 0 Å². The molecule has 0 bridgehead atoms. The van der Waals surface area contributed by atoms with Gasteiger partial charge in [0.2, 0.25) is 0 Å². The van der Waals surface area contributed by atoms with Gasteiger partial charge in [0.15, 0.2) is 0 Å². The third kappa shape index (κ3) is 4.38. The lowest BCUT2D eigenvalue weighted by atomic mass is 10.2. The zero-order chi connectivity index (χ0) is 18.6. The standard InChI is InChI=1S/C19H14F3N3O/c20-19(21,22)14-7-4-8-15(11-14)24-17-10-9-16(12-23-17)25-18(26)13-5-2-1-3-6-13/h1-12H,(H,23,24)(H,25,26). The highest BCUT2D eigenvalue weighted by atomic mass is 19.4. The van der Waals surface area contributed by atoms with Crippen molar-refractivity contribution in [2.75, 3.05) is 10.6 Å². The van der Waals surface area contributed by atoms with Crippen molar-refractivity contribution in [3.8, 4) is 0 Å². The van der Waals surface area contributed by atoms with Crippen LogP contribution in [0.1, 0.15) is 15.9 Å². The molecule has 1 amide bonds. The Kier molecular flexibility index (Phi) is 4.88. The summed E-state index contributed by atoms with van der Waals surface area (Å²) in [5.74, 6) is 0.0908. The lowest BCUT2D eigenvalue weighted by molar-refractivity contribution is -0.137. The van der Waals surface area contributed by atoms with Crippen molar-refractivity contribution < 1.29 is 18.0 Å². The molecule has 3 rings (SSSR count). The fourth-order valence-corrected chi connectivity index (χ4v) is 2.26. The van der Waals surface area contributed by atoms with Gasteiger partial charge in [-0.3, -0.25) is 4.79 Å². The first-order chi connectivity index (χ1) is 12.4. The summed E-state index contributed by atoms with van der Waals surface area (Å²) in [5.41, 5.74) is 0.523. The van der Waals surface area contributed by atoms with Crippen molar-refractivity contribution in [2.24, 2.45) is 0 Å². The first kappa shape index (κ1) is 17.5. The van der Waals surface area contributed by atoms with Crippen LogP contribution in [0.2, 0.25) is 0 Å². The summed E-state index contributed by atoms with van der Waals surface area (Å²) in [6.07, 6.45) is -2.98. The Morgan fingerprint density at radius 1 is 0.885 bits per heavy atom. The highest BCUT2D eigenvalue weighted by molar-refractivity contribution is 6.04. The number of nitrogens with one attached hydrogen (secondary N) is 2. The Labute approximate surface area is 147 Å². The van der Waals surface area contributed by atoms with Crippen molar-refractivity contribution in [3.05, 3.63) is 84.1 Å². The van der Waals surface area contributed by atoms with Crippen molar-refractivity contribution in [2.45, 2.75) is 6.18 Å². The van der Waals surface area contributed by atoms with E-state index in [-0.39, 0.29) is 11.6 Å². The first-order valence-electron chi connectivity index (χ1n) is 7.68. The van der Waals surface area contributed by atoms with Gasteiger partial charge in [0.05, 0.1) is 17.4 Å². The molecule has 0 fully saturated rings. The molecule has 4 nitrogen and oxygen atoms in total. The highest BCUT2D eigenvalue weighted by Crippen LogP contribution is 2.31. The van der Waals surface area contributed by atoms with Gasteiger partial charge in [0.25, 0.3) is 5.91 Å². The molecule has 1 aromatic heterocycles. The van der Waals surface area contributed by atoms with Gasteiger partial charge in [-0.05, 0) is 42.5 Å². The van der Waals surface area contributed by atoms with Crippen molar-refractivity contribution in [1.82, 2.24) is 4.98 Å². The average molecular weight is 357 g/mol. The fraction of sp³-hybridized carbons (Fsp3) is 0.0526. The van der Waals surface area contributed by atoms with Gasteiger partial charge in [0, 0.05) is 11.3 Å². The number of pyridine rings is 1. The van der Waals surface area contributed by atoms with Crippen LogP contribution in [0.25, 0.3) is 0 Å². The Morgan fingerprint density at radius 2 is 1.65 bits per heavy atom. The van der Waals surface area contributed by atoms with Crippen molar-refractivity contribution in [3.63, 3.8) is 0 Å². The van der Waals surface area contributed by atoms with Crippen LogP contribution in [-0.2, 0) is 6.18 Å². The number of rotatable bonds is 4. The number of carbonyl (C=O) groups excluding carboxylic acids is 1. The molecule has 132 valence electrons. The van der Waals surface area contributed by atoms with E-state index in [0.717, 1.165) is 12.1 Å². The highest BCUT2D eigenvalue weighted by Gasteiger charge is 2.30. The average Bonchev–Trinajstić information content (AvgIpc) is 2.63. The normalized spacial score (nSPS) is 11.0. The summed E-state index contributed by atoms with van der Waals surface area (Å²) >= 11 is 0. The van der Waals surface area contributed by atoms with Crippen LogP contribution in [0.4, 0.5) is 30.4 Å². The third-order valence-electron chi connectivity index (χ3n) is 3.52. The van der Waals surface area contributed by atoms with Gasteiger partial charge in [-0.25, -0.2) is 4.98 Å². The minimum atomic E-state index is -4.41. The van der Waals surface area contributed by atoms with E-state index >= 15 is 0 Å². The second-order valence-corrected chi connectivity index (χ2v) is 5.46. The fourth-order valence-electron chi connectivity index (χ4n) is 2.26. The number of anilines is 3. The zero-order valence-electron chi connectivity index (χ0n) is 13.4. The van der Waals surface area contributed by atoms with E-state index < -0.39 is 11.7 Å². The molecule has 0 saturated heterocycles. The number of hydrogen-bond donors (Lipinski definition) is 2. The predicted molar refractivity (Wildman–Crippen MR) is 93.4 cm³/mol. The summed E-state index contributed by atoms with van der Waals surface area (Å²) in [4.78, 5) is 16.2. The largest absolute Gasteiger partial charge is 0.416 e. The molecule has 2 aromatic carbocycles. The van der Waals surface area contributed by atoms with Crippen LogP contribution < -0.4 is 10.6 Å². The molecule has 0 aliphatic carbocycles. The van der Waals surface area contributed by atoms with Gasteiger partial charge >= 0.3 is 6.18 Å². The Hall–Kier alpha value is -3.35. The predicted octanol–water partition coefficient (Wildman–Crippen LogP) is 5.10. The maximum Gasteiger partial charge on any atom is 0.416 e. The van der Waals surface area contributed by atoms with Crippen LogP contribution in [0, 0.1) is 0 Å². The number of halogens is 3. The van der Waals surface area contributed by atoms with Crippen LogP contribution >= 0.6 is 0 Å². The van der Waals surface area contributed by atoms with E-state index in [1.807, 2.05) is 6.07 Å². The third-order valence-corrected chi connectivity index (χ3v) is 3.52. The van der Waals surface area contributed by atoms with E-state index in [9.17, 15) is 18.0 Å². The molecule has 0 radical (unpaired) electrons. The lowest BCUT2D eigenvalue weighted by Gasteiger charge is -2.11. The van der Waals surface area contributed by atoms with Crippen LogP contribution in [0.5, 0.6) is 0 Å². The monoisotopic (exact) mass is 357 g/mol. The topological polar surface area (TPSA) is 54.0 Å². The van der Waals surface area contributed by atoms with E-state index in [2.05, 4.69) is 15.6 Å². The van der Waals surface area contributed by atoms with Crippen molar-refractivity contribution in [1.29, 1.82) is 0 Å². The summed E-state index contributed by atoms with van der Waals surface area (Å²) < 4.78 is 38.2. The minimum absolute atomic E-state index is 0.272. The molecule has 1 heterocycles. The quantitative estimate of drug-likeness (QED) is 0.683. The van der Waals surface area contributed by atoms with Gasteiger partial charge in [-0.1, -0.05) is 24.3 Å². The van der Waals surface area contributed by atoms with Gasteiger partial charge in [-0.2, -0.15) is 13.2 Å². The number of carbonyl (C=O) groups is 1. The molecule has 7 heteroatoms. The molecule has 3 aromatic rings. The summed E-state index contributed by atoms with van der Waals surface area (Å²) in [6, 6.07) is 16.7. The second kappa shape index (κ2) is 7.26. The smallest absolute Gasteiger partial charge is 0.340 e. The Bertz CT molecular complexity index is 894. The minimum Gasteiger partial charge on any atom is -0.340 e. The number of amides is 1. The van der Waals surface area contributed by atoms with E-state index in [1.54, 1.807) is 36.4 Å². The molecule has 0 unspecified atom stereocenters. The van der Waals surface area contributed by atoms with Gasteiger partial charge < -0.3 is 10.6 Å². The summed E-state index contributed by atoms with van der Waals surface area (Å²) in [7, 11) is 0. The van der Waals surface area contributed by atoms with E-state index in [1.165, 1.54) is 18.3 Å². The van der Waals surface area contributed by atoms with Crippen LogP contribution in [-0.4, -0.2) is 10.9 Å². The SMILES string of the molecule is O=C(Nc1ccc(Nc2cccc(C(F)(F)F)c2)nc1)c1ccccc1. The summed E-state index contributed by atoms with van der Waals surface area (Å²) in [6.45, 7) is 0. The number of aromatic nitrogens is 1. The molecule has 0 saturated carbocycles. The molecular weight excluding hydrogens is 343 g/mol. The Balaban J connectivity index is 1.68. The van der Waals surface area contributed by atoms with Gasteiger partial charge in [-0.15, -0.1) is 0 Å². The number of nitrogens with zero attached hydrogens (tertiary/aromatic N) is 1. The first-order valence-corrected chi connectivity index (χ1v) is 7.68. The number of alkyl halides is 3. The molecule has 0 aliphatic heterocycles. The number of hydrogen-bond acceptors (Lipinski definition) is 3. The maximum absolute atomic E-state index is 12.7. The molecule has 26 heavy (non-hydrogen) atoms. The van der Waals surface area contributed by atoms with Crippen molar-refractivity contribution >= 4 is 23.1 Å². The lowest BCUT2D eigenvalue weighted by Crippen LogP contribution is -2.11. The molecule has 2 N–H and O–H groups in total. The molecule has 0 atom stereocenters. The maximum atomic E-state index is 12.7. The summed E-state index contributed by atoms with van der Waals surface area (Å²) in [5, 5.41) is 5.51. The Morgan fingerprint density at radius 3 is 2.31 bits per heavy atom. The van der Waals surface area contributed by atoms with Crippen LogP contribution in [0.3, 0.4) is 0 Å². The van der Waals surface area contributed by atoms with Gasteiger partial charge in [0.1, 0.15) is 5.82 Å². The van der Waals surface area contributed by atoms with E-state index in [0.29, 0.717) is 17.1 Å². The number of benzene rings is 2.